The number of rotatable bonds is 5. The molecule has 5 nitrogen and oxygen atoms in total. The molecule has 2 N–H and O–H groups in total. The van der Waals surface area contributed by atoms with Crippen LogP contribution in [-0.2, 0) is 13.0 Å². The molecule has 0 saturated carbocycles. The zero-order chi connectivity index (χ0) is 16.8. The number of hydrogen-bond acceptors (Lipinski definition) is 3. The van der Waals surface area contributed by atoms with Crippen molar-refractivity contribution in [2.45, 2.75) is 32.9 Å². The molecular weight excluding hydrogens is 427 g/mol. The van der Waals surface area contributed by atoms with Gasteiger partial charge in [-0.05, 0) is 37.1 Å². The summed E-state index contributed by atoms with van der Waals surface area (Å²) in [6.07, 6.45) is 2.88. The SMILES string of the molecule is CCNC(=NCc1ncccc1C)NCC1Cc2ccccc2O1.I. The molecule has 0 spiro atoms. The smallest absolute Gasteiger partial charge is 0.191 e. The van der Waals surface area contributed by atoms with E-state index in [-0.39, 0.29) is 30.1 Å². The molecule has 0 aliphatic carbocycles. The molecule has 0 amide bonds. The van der Waals surface area contributed by atoms with E-state index < -0.39 is 0 Å². The maximum Gasteiger partial charge on any atom is 0.191 e. The lowest BCUT2D eigenvalue weighted by molar-refractivity contribution is 0.235. The largest absolute Gasteiger partial charge is 0.488 e. The number of pyridine rings is 1. The molecule has 2 aromatic rings. The van der Waals surface area contributed by atoms with E-state index >= 15 is 0 Å². The van der Waals surface area contributed by atoms with Gasteiger partial charge in [0, 0.05) is 19.2 Å². The fraction of sp³-hybridized carbons (Fsp3) is 0.368. The van der Waals surface area contributed by atoms with Gasteiger partial charge in [0.05, 0.1) is 18.8 Å². The third-order valence-electron chi connectivity index (χ3n) is 4.06. The quantitative estimate of drug-likeness (QED) is 0.416. The van der Waals surface area contributed by atoms with Crippen molar-refractivity contribution in [1.29, 1.82) is 0 Å². The summed E-state index contributed by atoms with van der Waals surface area (Å²) in [7, 11) is 0. The first-order valence-electron chi connectivity index (χ1n) is 8.43. The van der Waals surface area contributed by atoms with Gasteiger partial charge in [0.1, 0.15) is 11.9 Å². The van der Waals surface area contributed by atoms with Gasteiger partial charge in [0.25, 0.3) is 0 Å². The molecule has 1 aliphatic rings. The van der Waals surface area contributed by atoms with Crippen LogP contribution in [0.25, 0.3) is 0 Å². The summed E-state index contributed by atoms with van der Waals surface area (Å²) in [6, 6.07) is 12.2. The number of nitrogens with zero attached hydrogens (tertiary/aromatic N) is 2. The Hall–Kier alpha value is -1.83. The van der Waals surface area contributed by atoms with Gasteiger partial charge in [0.15, 0.2) is 5.96 Å². The van der Waals surface area contributed by atoms with Crippen LogP contribution in [0.3, 0.4) is 0 Å². The Bertz CT molecular complexity index is 695. The van der Waals surface area contributed by atoms with E-state index in [0.29, 0.717) is 6.54 Å². The molecule has 0 radical (unpaired) electrons. The molecule has 0 bridgehead atoms. The van der Waals surface area contributed by atoms with Crippen LogP contribution in [0, 0.1) is 6.92 Å². The number of guanidine groups is 1. The van der Waals surface area contributed by atoms with Crippen molar-refractivity contribution in [2.24, 2.45) is 4.99 Å². The molecule has 25 heavy (non-hydrogen) atoms. The summed E-state index contributed by atoms with van der Waals surface area (Å²) < 4.78 is 5.96. The normalized spacial score (nSPS) is 15.8. The topological polar surface area (TPSA) is 58.5 Å². The number of fused-ring (bicyclic) bond motifs is 1. The van der Waals surface area contributed by atoms with Crippen molar-refractivity contribution < 1.29 is 4.74 Å². The maximum atomic E-state index is 5.96. The minimum absolute atomic E-state index is 0. The second kappa shape index (κ2) is 9.60. The van der Waals surface area contributed by atoms with E-state index in [2.05, 4.69) is 52.7 Å². The maximum absolute atomic E-state index is 5.96. The molecule has 1 atom stereocenters. The number of nitrogens with one attached hydrogen (secondary N) is 2. The van der Waals surface area contributed by atoms with E-state index in [0.717, 1.165) is 42.5 Å². The summed E-state index contributed by atoms with van der Waals surface area (Å²) in [4.78, 5) is 9.02. The highest BCUT2D eigenvalue weighted by atomic mass is 127. The highest BCUT2D eigenvalue weighted by Gasteiger charge is 2.22. The summed E-state index contributed by atoms with van der Waals surface area (Å²) in [5.74, 6) is 1.79. The molecule has 3 rings (SSSR count). The number of hydrogen-bond donors (Lipinski definition) is 2. The van der Waals surface area contributed by atoms with Gasteiger partial charge in [-0.15, -0.1) is 24.0 Å². The number of ether oxygens (including phenoxy) is 1. The zero-order valence-electron chi connectivity index (χ0n) is 14.7. The first-order chi connectivity index (χ1) is 11.8. The predicted octanol–water partition coefficient (Wildman–Crippen LogP) is 3.07. The molecular formula is C19H25IN4O. The Morgan fingerprint density at radius 1 is 1.24 bits per heavy atom. The minimum atomic E-state index is 0. The van der Waals surface area contributed by atoms with Crippen LogP contribution in [-0.4, -0.2) is 30.1 Å². The average Bonchev–Trinajstić information content (AvgIpc) is 3.01. The fourth-order valence-electron chi connectivity index (χ4n) is 2.76. The summed E-state index contributed by atoms with van der Waals surface area (Å²) in [5.41, 5.74) is 3.43. The minimum Gasteiger partial charge on any atom is -0.488 e. The third kappa shape index (κ3) is 5.32. The van der Waals surface area contributed by atoms with Gasteiger partial charge in [0.2, 0.25) is 0 Å². The monoisotopic (exact) mass is 452 g/mol. The predicted molar refractivity (Wildman–Crippen MR) is 112 cm³/mol. The molecule has 1 aromatic heterocycles. The van der Waals surface area contributed by atoms with E-state index in [1.807, 2.05) is 24.4 Å². The number of halogens is 1. The Kier molecular flexibility index (Phi) is 7.49. The van der Waals surface area contributed by atoms with Crippen LogP contribution in [0.4, 0.5) is 0 Å². The number of aromatic nitrogens is 1. The lowest BCUT2D eigenvalue weighted by atomic mass is 10.1. The Balaban J connectivity index is 0.00000225. The van der Waals surface area contributed by atoms with Crippen LogP contribution in [0.5, 0.6) is 5.75 Å². The molecule has 6 heteroatoms. The van der Waals surface area contributed by atoms with Crippen molar-refractivity contribution in [1.82, 2.24) is 15.6 Å². The van der Waals surface area contributed by atoms with Crippen LogP contribution >= 0.6 is 24.0 Å². The third-order valence-corrected chi connectivity index (χ3v) is 4.06. The molecule has 134 valence electrons. The molecule has 0 saturated heterocycles. The molecule has 1 aliphatic heterocycles. The van der Waals surface area contributed by atoms with Crippen LogP contribution in [0.1, 0.15) is 23.7 Å². The van der Waals surface area contributed by atoms with E-state index in [1.165, 1.54) is 5.56 Å². The fourth-order valence-corrected chi connectivity index (χ4v) is 2.76. The highest BCUT2D eigenvalue weighted by Crippen LogP contribution is 2.27. The average molecular weight is 452 g/mol. The van der Waals surface area contributed by atoms with Crippen molar-refractivity contribution in [3.05, 3.63) is 59.4 Å². The van der Waals surface area contributed by atoms with E-state index in [9.17, 15) is 0 Å². The first-order valence-corrected chi connectivity index (χ1v) is 8.43. The molecule has 1 unspecified atom stereocenters. The van der Waals surface area contributed by atoms with Gasteiger partial charge in [-0.25, -0.2) is 4.99 Å². The lowest BCUT2D eigenvalue weighted by Crippen LogP contribution is -2.42. The van der Waals surface area contributed by atoms with E-state index in [4.69, 9.17) is 4.74 Å². The van der Waals surface area contributed by atoms with Crippen molar-refractivity contribution >= 4 is 29.9 Å². The first kappa shape index (κ1) is 19.5. The number of aliphatic imine (C=N–C) groups is 1. The van der Waals surface area contributed by atoms with Gasteiger partial charge >= 0.3 is 0 Å². The molecule has 2 heterocycles. The van der Waals surface area contributed by atoms with Crippen LogP contribution in [0.2, 0.25) is 0 Å². The number of para-hydroxylation sites is 1. The van der Waals surface area contributed by atoms with Gasteiger partial charge in [-0.2, -0.15) is 0 Å². The standard InChI is InChI=1S/C19H24N4O.HI/c1-3-20-19(23-13-17-14(2)7-6-10-21-17)22-12-16-11-15-8-4-5-9-18(15)24-16;/h4-10,16H,3,11-13H2,1-2H3,(H2,20,22,23);1H. The molecule has 1 aromatic carbocycles. The number of aryl methyl sites for hydroxylation is 1. The van der Waals surface area contributed by atoms with Crippen molar-refractivity contribution in [2.75, 3.05) is 13.1 Å². The van der Waals surface area contributed by atoms with Crippen LogP contribution in [0.15, 0.2) is 47.6 Å². The second-order valence-electron chi connectivity index (χ2n) is 5.89. The van der Waals surface area contributed by atoms with Crippen molar-refractivity contribution in [3.8, 4) is 5.75 Å². The lowest BCUT2D eigenvalue weighted by Gasteiger charge is -2.15. The van der Waals surface area contributed by atoms with Crippen LogP contribution < -0.4 is 15.4 Å². The Morgan fingerprint density at radius 2 is 2.08 bits per heavy atom. The summed E-state index contributed by atoms with van der Waals surface area (Å²) in [6.45, 7) is 6.22. The number of benzene rings is 1. The van der Waals surface area contributed by atoms with E-state index in [1.54, 1.807) is 0 Å². The van der Waals surface area contributed by atoms with Gasteiger partial charge in [-0.3, -0.25) is 4.98 Å². The Morgan fingerprint density at radius 3 is 2.84 bits per heavy atom. The van der Waals surface area contributed by atoms with Gasteiger partial charge in [-0.1, -0.05) is 24.3 Å². The molecule has 0 fully saturated rings. The Labute approximate surface area is 166 Å². The summed E-state index contributed by atoms with van der Waals surface area (Å²) >= 11 is 0. The van der Waals surface area contributed by atoms with Gasteiger partial charge < -0.3 is 15.4 Å². The highest BCUT2D eigenvalue weighted by molar-refractivity contribution is 14.0. The van der Waals surface area contributed by atoms with Crippen molar-refractivity contribution in [3.63, 3.8) is 0 Å². The summed E-state index contributed by atoms with van der Waals surface area (Å²) in [5, 5.41) is 6.65. The second-order valence-corrected chi connectivity index (χ2v) is 5.89. The zero-order valence-corrected chi connectivity index (χ0v) is 17.0.